The van der Waals surface area contributed by atoms with E-state index in [0.29, 0.717) is 24.5 Å². The molecule has 0 atom stereocenters. The molecule has 0 radical (unpaired) electrons. The minimum absolute atomic E-state index is 0.159. The second-order valence-electron chi connectivity index (χ2n) is 7.19. The van der Waals surface area contributed by atoms with Crippen LogP contribution in [0.3, 0.4) is 0 Å². The highest BCUT2D eigenvalue weighted by molar-refractivity contribution is 7.89. The van der Waals surface area contributed by atoms with Crippen LogP contribution in [0.2, 0.25) is 0 Å². The van der Waals surface area contributed by atoms with Crippen LogP contribution in [0.4, 0.5) is 4.79 Å². The molecule has 8 nitrogen and oxygen atoms in total. The summed E-state index contributed by atoms with van der Waals surface area (Å²) in [4.78, 5) is 14.1. The van der Waals surface area contributed by atoms with Gasteiger partial charge in [0.15, 0.2) is 0 Å². The molecule has 0 unspecified atom stereocenters. The Labute approximate surface area is 143 Å². The van der Waals surface area contributed by atoms with Gasteiger partial charge in [-0.15, -0.1) is 0 Å². The van der Waals surface area contributed by atoms with E-state index in [-0.39, 0.29) is 29.6 Å². The predicted molar refractivity (Wildman–Crippen MR) is 91.3 cm³/mol. The number of rotatable bonds is 2. The van der Waals surface area contributed by atoms with Crippen molar-refractivity contribution in [3.63, 3.8) is 0 Å². The zero-order valence-electron chi connectivity index (χ0n) is 15.3. The summed E-state index contributed by atoms with van der Waals surface area (Å²) < 4.78 is 28.8. The van der Waals surface area contributed by atoms with E-state index in [1.54, 1.807) is 30.5 Å². The summed E-state index contributed by atoms with van der Waals surface area (Å²) in [5.74, 6) is 0. The molecule has 1 aromatic heterocycles. The highest BCUT2D eigenvalue weighted by atomic mass is 32.2. The molecule has 24 heavy (non-hydrogen) atoms. The highest BCUT2D eigenvalue weighted by Gasteiger charge is 2.34. The Kier molecular flexibility index (Phi) is 4.96. The first kappa shape index (κ1) is 18.7. The van der Waals surface area contributed by atoms with Crippen LogP contribution >= 0.6 is 0 Å². The fourth-order valence-corrected chi connectivity index (χ4v) is 4.61. The van der Waals surface area contributed by atoms with Gasteiger partial charge >= 0.3 is 6.03 Å². The zero-order valence-corrected chi connectivity index (χ0v) is 16.1. The van der Waals surface area contributed by atoms with Crippen molar-refractivity contribution in [2.45, 2.75) is 45.1 Å². The first-order chi connectivity index (χ1) is 10.9. The topological polar surface area (TPSA) is 87.5 Å². The van der Waals surface area contributed by atoms with Gasteiger partial charge in [0.1, 0.15) is 4.90 Å². The summed E-state index contributed by atoms with van der Waals surface area (Å²) in [5.41, 5.74) is 0.813. The third-order valence-electron chi connectivity index (χ3n) is 4.05. The molecule has 2 amide bonds. The van der Waals surface area contributed by atoms with Gasteiger partial charge in [-0.25, -0.2) is 13.2 Å². The molecule has 2 heterocycles. The summed E-state index contributed by atoms with van der Waals surface area (Å²) in [5, 5.41) is 7.09. The maximum Gasteiger partial charge on any atom is 0.317 e. The van der Waals surface area contributed by atoms with Crippen LogP contribution in [-0.4, -0.2) is 65.2 Å². The molecule has 0 saturated carbocycles. The summed E-state index contributed by atoms with van der Waals surface area (Å²) in [7, 11) is -1.86. The number of hydrogen-bond acceptors (Lipinski definition) is 4. The Hall–Kier alpha value is -1.61. The second kappa shape index (κ2) is 6.36. The number of aromatic nitrogens is 2. The molecule has 0 aliphatic carbocycles. The number of carbonyl (C=O) groups excluding carboxylic acids is 1. The van der Waals surface area contributed by atoms with E-state index < -0.39 is 10.0 Å². The van der Waals surface area contributed by atoms with Crippen LogP contribution < -0.4 is 5.32 Å². The molecule has 1 fully saturated rings. The maximum atomic E-state index is 12.9. The lowest BCUT2D eigenvalue weighted by molar-refractivity contribution is 0.165. The number of nitrogens with one attached hydrogen (secondary N) is 1. The largest absolute Gasteiger partial charge is 0.333 e. The first-order valence-electron chi connectivity index (χ1n) is 8.01. The number of piperazine rings is 1. The van der Waals surface area contributed by atoms with E-state index >= 15 is 0 Å². The summed E-state index contributed by atoms with van der Waals surface area (Å²) >= 11 is 0. The predicted octanol–water partition coefficient (Wildman–Crippen LogP) is 0.851. The Balaban J connectivity index is 2.10. The lowest BCUT2D eigenvalue weighted by atomic mass is 10.1. The van der Waals surface area contributed by atoms with Crippen LogP contribution in [0.5, 0.6) is 0 Å². The van der Waals surface area contributed by atoms with E-state index in [0.717, 1.165) is 0 Å². The van der Waals surface area contributed by atoms with Gasteiger partial charge in [-0.1, -0.05) is 0 Å². The Bertz CT molecular complexity index is 725. The standard InChI is InChI=1S/C15H27N5O3S/c1-11-13(12(2)18(6)17-11)24(22,23)20-9-7-19(8-10-20)14(21)16-15(3,4)5/h7-10H2,1-6H3,(H,16,21). The number of aryl methyl sites for hydroxylation is 2. The van der Waals surface area contributed by atoms with Crippen LogP contribution in [0.1, 0.15) is 32.2 Å². The van der Waals surface area contributed by atoms with Crippen molar-refractivity contribution >= 4 is 16.1 Å². The Morgan fingerprint density at radius 2 is 1.67 bits per heavy atom. The lowest BCUT2D eigenvalue weighted by Crippen LogP contribution is -2.55. The van der Waals surface area contributed by atoms with Crippen LogP contribution in [-0.2, 0) is 17.1 Å². The van der Waals surface area contributed by atoms with E-state index in [4.69, 9.17) is 0 Å². The maximum absolute atomic E-state index is 12.9. The average Bonchev–Trinajstić information content (AvgIpc) is 2.70. The van der Waals surface area contributed by atoms with Crippen LogP contribution in [0.15, 0.2) is 4.90 Å². The third kappa shape index (κ3) is 3.72. The van der Waals surface area contributed by atoms with Gasteiger partial charge in [0, 0.05) is 38.8 Å². The Morgan fingerprint density at radius 1 is 1.12 bits per heavy atom. The van der Waals surface area contributed by atoms with Gasteiger partial charge in [-0.3, -0.25) is 4.68 Å². The van der Waals surface area contributed by atoms with Gasteiger partial charge in [0.05, 0.1) is 11.4 Å². The molecule has 0 aromatic carbocycles. The summed E-state index contributed by atoms with van der Waals surface area (Å²) in [6, 6.07) is -0.159. The van der Waals surface area contributed by atoms with Gasteiger partial charge in [-0.2, -0.15) is 9.40 Å². The number of nitrogens with zero attached hydrogens (tertiary/aromatic N) is 4. The van der Waals surface area contributed by atoms with E-state index in [2.05, 4.69) is 10.4 Å². The fraction of sp³-hybridized carbons (Fsp3) is 0.733. The molecule has 0 spiro atoms. The van der Waals surface area contributed by atoms with Crippen molar-refractivity contribution in [3.05, 3.63) is 11.4 Å². The fourth-order valence-electron chi connectivity index (χ4n) is 2.79. The van der Waals surface area contributed by atoms with Gasteiger partial charge in [0.25, 0.3) is 0 Å². The molecule has 1 aromatic rings. The third-order valence-corrected chi connectivity index (χ3v) is 6.20. The highest BCUT2D eigenvalue weighted by Crippen LogP contribution is 2.24. The van der Waals surface area contributed by atoms with Crippen molar-refractivity contribution < 1.29 is 13.2 Å². The van der Waals surface area contributed by atoms with Gasteiger partial charge in [0.2, 0.25) is 10.0 Å². The van der Waals surface area contributed by atoms with Crippen LogP contribution in [0.25, 0.3) is 0 Å². The number of amides is 2. The molecule has 1 aliphatic heterocycles. The van der Waals surface area contributed by atoms with Gasteiger partial charge in [-0.05, 0) is 34.6 Å². The number of hydrogen-bond donors (Lipinski definition) is 1. The normalized spacial score (nSPS) is 17.2. The molecule has 1 N–H and O–H groups in total. The molecule has 9 heteroatoms. The van der Waals surface area contributed by atoms with Crippen LogP contribution in [0, 0.1) is 13.8 Å². The Morgan fingerprint density at radius 3 is 2.08 bits per heavy atom. The minimum atomic E-state index is -3.60. The van der Waals surface area contributed by atoms with Crippen molar-refractivity contribution in [2.75, 3.05) is 26.2 Å². The smallest absolute Gasteiger partial charge is 0.317 e. The van der Waals surface area contributed by atoms with Crippen molar-refractivity contribution in [2.24, 2.45) is 7.05 Å². The van der Waals surface area contributed by atoms with Gasteiger partial charge < -0.3 is 10.2 Å². The average molecular weight is 357 g/mol. The van der Waals surface area contributed by atoms with Crippen molar-refractivity contribution in [1.29, 1.82) is 0 Å². The molecular weight excluding hydrogens is 330 g/mol. The van der Waals surface area contributed by atoms with E-state index in [1.165, 1.54) is 4.31 Å². The molecular formula is C15H27N5O3S. The second-order valence-corrected chi connectivity index (χ2v) is 9.07. The summed E-state index contributed by atoms with van der Waals surface area (Å²) in [6.45, 7) is 10.5. The van der Waals surface area contributed by atoms with Crippen molar-refractivity contribution in [3.8, 4) is 0 Å². The molecule has 1 saturated heterocycles. The van der Waals surface area contributed by atoms with E-state index in [9.17, 15) is 13.2 Å². The van der Waals surface area contributed by atoms with E-state index in [1.807, 2.05) is 20.8 Å². The van der Waals surface area contributed by atoms with Crippen molar-refractivity contribution in [1.82, 2.24) is 24.3 Å². The molecule has 0 bridgehead atoms. The lowest BCUT2D eigenvalue weighted by Gasteiger charge is -2.35. The monoisotopic (exact) mass is 357 g/mol. The summed E-state index contributed by atoms with van der Waals surface area (Å²) in [6.07, 6.45) is 0. The molecule has 2 rings (SSSR count). The molecule has 1 aliphatic rings. The number of sulfonamides is 1. The molecule has 136 valence electrons. The minimum Gasteiger partial charge on any atom is -0.333 e. The number of carbonyl (C=O) groups is 1. The SMILES string of the molecule is Cc1nn(C)c(C)c1S(=O)(=O)N1CCN(C(=O)NC(C)(C)C)CC1. The zero-order chi connectivity index (χ0) is 18.3. The number of urea groups is 1. The quantitative estimate of drug-likeness (QED) is 0.850. The first-order valence-corrected chi connectivity index (χ1v) is 9.45.